The second kappa shape index (κ2) is 9.58. The first-order chi connectivity index (χ1) is 15.0. The maximum atomic E-state index is 12.7. The van der Waals surface area contributed by atoms with Crippen molar-refractivity contribution in [1.29, 1.82) is 0 Å². The van der Waals surface area contributed by atoms with E-state index < -0.39 is 26.0 Å². The maximum absolute atomic E-state index is 12.7. The number of primary amides is 1. The van der Waals surface area contributed by atoms with Gasteiger partial charge in [0.2, 0.25) is 15.1 Å². The molecule has 1 aromatic heterocycles. The van der Waals surface area contributed by atoms with E-state index in [0.29, 0.717) is 32.0 Å². The van der Waals surface area contributed by atoms with Gasteiger partial charge in [0.1, 0.15) is 12.4 Å². The topological polar surface area (TPSA) is 143 Å². The minimum atomic E-state index is -3.84. The molecule has 11 nitrogen and oxygen atoms in total. The van der Waals surface area contributed by atoms with Crippen molar-refractivity contribution in [2.24, 2.45) is 5.73 Å². The standard InChI is InChI=1S/C19H26N4O7S2/c1-21(2)31(25,26)16-5-3-15(4-6-16)29-14-13-22-9-11-23(12-10-22)32(27,28)18-8-7-17(30-18)19(20)24/h3-8H,9-14H2,1-2H3,(H2,20,24). The number of piperazine rings is 1. The number of rotatable bonds is 9. The van der Waals surface area contributed by atoms with Gasteiger partial charge in [-0.3, -0.25) is 9.69 Å². The summed E-state index contributed by atoms with van der Waals surface area (Å²) in [6.45, 7) is 2.50. The average Bonchev–Trinajstić information content (AvgIpc) is 3.26. The number of nitrogens with zero attached hydrogens (tertiary/aromatic N) is 3. The lowest BCUT2D eigenvalue weighted by Gasteiger charge is -2.33. The molecule has 2 heterocycles. The second-order valence-corrected chi connectivity index (χ2v) is 11.4. The first kappa shape index (κ1) is 24.2. The third-order valence-electron chi connectivity index (χ3n) is 5.03. The van der Waals surface area contributed by atoms with Crippen LogP contribution < -0.4 is 10.5 Å². The molecule has 0 bridgehead atoms. The molecule has 0 spiro atoms. The highest BCUT2D eigenvalue weighted by molar-refractivity contribution is 7.89. The molecule has 2 aromatic rings. The molecule has 1 fully saturated rings. The normalized spacial score (nSPS) is 16.3. The predicted octanol–water partition coefficient (Wildman–Crippen LogP) is 0.0141. The van der Waals surface area contributed by atoms with Crippen LogP contribution in [0.25, 0.3) is 0 Å². The Labute approximate surface area is 187 Å². The zero-order valence-electron chi connectivity index (χ0n) is 17.8. The van der Waals surface area contributed by atoms with Gasteiger partial charge in [0.15, 0.2) is 5.76 Å². The van der Waals surface area contributed by atoms with E-state index in [2.05, 4.69) is 4.90 Å². The molecule has 1 aliphatic rings. The fourth-order valence-electron chi connectivity index (χ4n) is 3.12. The number of hydrogen-bond donors (Lipinski definition) is 1. The zero-order valence-corrected chi connectivity index (χ0v) is 19.4. The minimum absolute atomic E-state index is 0.187. The van der Waals surface area contributed by atoms with Crippen LogP contribution in [0.5, 0.6) is 5.75 Å². The van der Waals surface area contributed by atoms with Crippen LogP contribution in [0.4, 0.5) is 0 Å². The lowest BCUT2D eigenvalue weighted by Crippen LogP contribution is -2.49. The predicted molar refractivity (Wildman–Crippen MR) is 115 cm³/mol. The molecule has 32 heavy (non-hydrogen) atoms. The van der Waals surface area contributed by atoms with E-state index in [-0.39, 0.29) is 28.8 Å². The van der Waals surface area contributed by atoms with Gasteiger partial charge in [-0.15, -0.1) is 0 Å². The van der Waals surface area contributed by atoms with Crippen molar-refractivity contribution in [3.05, 3.63) is 42.2 Å². The third-order valence-corrected chi connectivity index (χ3v) is 8.63. The molecular formula is C19H26N4O7S2. The van der Waals surface area contributed by atoms with Crippen molar-refractivity contribution in [2.75, 3.05) is 53.4 Å². The van der Waals surface area contributed by atoms with Gasteiger partial charge in [0, 0.05) is 46.8 Å². The number of carbonyl (C=O) groups excluding carboxylic acids is 1. The van der Waals surface area contributed by atoms with E-state index in [0.717, 1.165) is 4.31 Å². The van der Waals surface area contributed by atoms with Crippen LogP contribution in [0, 0.1) is 0 Å². The molecule has 0 unspecified atom stereocenters. The van der Waals surface area contributed by atoms with Crippen molar-refractivity contribution >= 4 is 26.0 Å². The van der Waals surface area contributed by atoms with Gasteiger partial charge in [-0.25, -0.2) is 21.1 Å². The van der Waals surface area contributed by atoms with Crippen LogP contribution in [-0.4, -0.2) is 89.7 Å². The quantitative estimate of drug-likeness (QED) is 0.522. The fraction of sp³-hybridized carbons (Fsp3) is 0.421. The van der Waals surface area contributed by atoms with Crippen LogP contribution in [0.1, 0.15) is 10.6 Å². The highest BCUT2D eigenvalue weighted by Gasteiger charge is 2.31. The summed E-state index contributed by atoms with van der Waals surface area (Å²) in [5, 5.41) is -0.303. The van der Waals surface area contributed by atoms with Crippen LogP contribution in [0.3, 0.4) is 0 Å². The number of benzene rings is 1. The molecule has 0 saturated carbocycles. The number of sulfonamides is 2. The van der Waals surface area contributed by atoms with Crippen molar-refractivity contribution in [1.82, 2.24) is 13.5 Å². The van der Waals surface area contributed by atoms with E-state index in [1.165, 1.54) is 42.7 Å². The number of hydrogen-bond acceptors (Lipinski definition) is 8. The monoisotopic (exact) mass is 486 g/mol. The van der Waals surface area contributed by atoms with Crippen LogP contribution in [-0.2, 0) is 20.0 Å². The first-order valence-corrected chi connectivity index (χ1v) is 12.7. The Bertz CT molecular complexity index is 1150. The first-order valence-electron chi connectivity index (χ1n) is 9.79. The summed E-state index contributed by atoms with van der Waals surface area (Å²) in [6, 6.07) is 8.66. The summed E-state index contributed by atoms with van der Waals surface area (Å²) >= 11 is 0. The molecule has 1 saturated heterocycles. The van der Waals surface area contributed by atoms with E-state index in [4.69, 9.17) is 14.9 Å². The molecule has 13 heteroatoms. The van der Waals surface area contributed by atoms with Crippen LogP contribution in [0.15, 0.2) is 50.8 Å². The Morgan fingerprint density at radius 3 is 2.19 bits per heavy atom. The summed E-state index contributed by atoms with van der Waals surface area (Å²) in [5.41, 5.74) is 5.11. The van der Waals surface area contributed by atoms with Gasteiger partial charge in [-0.2, -0.15) is 4.31 Å². The molecule has 2 N–H and O–H groups in total. The molecular weight excluding hydrogens is 460 g/mol. The Morgan fingerprint density at radius 2 is 1.66 bits per heavy atom. The van der Waals surface area contributed by atoms with E-state index >= 15 is 0 Å². The van der Waals surface area contributed by atoms with Crippen molar-refractivity contribution in [2.45, 2.75) is 9.99 Å². The molecule has 3 rings (SSSR count). The molecule has 0 atom stereocenters. The summed E-state index contributed by atoms with van der Waals surface area (Å²) < 4.78 is 62.7. The number of ether oxygens (including phenoxy) is 1. The van der Waals surface area contributed by atoms with Crippen LogP contribution >= 0.6 is 0 Å². The van der Waals surface area contributed by atoms with Gasteiger partial charge < -0.3 is 14.9 Å². The SMILES string of the molecule is CN(C)S(=O)(=O)c1ccc(OCCN2CCN(S(=O)(=O)c3ccc(C(N)=O)o3)CC2)cc1. The Morgan fingerprint density at radius 1 is 1.03 bits per heavy atom. The molecule has 176 valence electrons. The Kier molecular flexibility index (Phi) is 7.25. The van der Waals surface area contributed by atoms with Gasteiger partial charge in [-0.05, 0) is 36.4 Å². The van der Waals surface area contributed by atoms with Crippen molar-refractivity contribution < 1.29 is 30.8 Å². The lowest BCUT2D eigenvalue weighted by molar-refractivity contribution is 0.0968. The summed E-state index contributed by atoms with van der Waals surface area (Å²) in [4.78, 5) is 13.4. The highest BCUT2D eigenvalue weighted by atomic mass is 32.2. The number of furan rings is 1. The summed E-state index contributed by atoms with van der Waals surface area (Å²) in [7, 11) is -4.38. The number of carbonyl (C=O) groups is 1. The third kappa shape index (κ3) is 5.30. The highest BCUT2D eigenvalue weighted by Crippen LogP contribution is 2.21. The van der Waals surface area contributed by atoms with Gasteiger partial charge in [0.05, 0.1) is 4.90 Å². The molecule has 0 aliphatic carbocycles. The second-order valence-electron chi connectivity index (χ2n) is 7.34. The molecule has 1 amide bonds. The Hall–Kier alpha value is -2.45. The van der Waals surface area contributed by atoms with Crippen molar-refractivity contribution in [3.63, 3.8) is 0 Å². The molecule has 1 aromatic carbocycles. The van der Waals surface area contributed by atoms with E-state index in [9.17, 15) is 21.6 Å². The number of nitrogens with two attached hydrogens (primary N) is 1. The fourth-order valence-corrected chi connectivity index (χ4v) is 5.36. The van der Waals surface area contributed by atoms with E-state index in [1.54, 1.807) is 12.1 Å². The average molecular weight is 487 g/mol. The maximum Gasteiger partial charge on any atom is 0.284 e. The van der Waals surface area contributed by atoms with Gasteiger partial charge in [-0.1, -0.05) is 0 Å². The zero-order chi connectivity index (χ0) is 23.5. The lowest BCUT2D eigenvalue weighted by atomic mass is 10.3. The van der Waals surface area contributed by atoms with E-state index in [1.807, 2.05) is 0 Å². The summed E-state index contributed by atoms with van der Waals surface area (Å²) in [5.74, 6) is -0.482. The Balaban J connectivity index is 1.48. The van der Waals surface area contributed by atoms with Crippen molar-refractivity contribution in [3.8, 4) is 5.75 Å². The largest absolute Gasteiger partial charge is 0.492 e. The molecule has 1 aliphatic heterocycles. The minimum Gasteiger partial charge on any atom is -0.492 e. The van der Waals surface area contributed by atoms with Crippen LogP contribution in [0.2, 0.25) is 0 Å². The van der Waals surface area contributed by atoms with Gasteiger partial charge in [0.25, 0.3) is 15.9 Å². The number of amides is 1. The summed E-state index contributed by atoms with van der Waals surface area (Å²) in [6.07, 6.45) is 0. The smallest absolute Gasteiger partial charge is 0.284 e. The molecule has 0 radical (unpaired) electrons. The van der Waals surface area contributed by atoms with Gasteiger partial charge >= 0.3 is 0 Å².